The normalized spacial score (nSPS) is 26.5. The number of nitrogens with zero attached hydrogens (tertiary/aromatic N) is 2. The lowest BCUT2D eigenvalue weighted by molar-refractivity contribution is -0.160. The molecule has 11 heteroatoms. The third-order valence-corrected chi connectivity index (χ3v) is 9.43. The smallest absolute Gasteiger partial charge is 0.333 e. The van der Waals surface area contributed by atoms with E-state index in [-0.39, 0.29) is 24.0 Å². The standard InChI is InChI=1S/C26H30FN3O6S/c27-19-5-1-4-18(14-19)24(26(33)36-23-16-29-12-9-17(23)10-13-29)28-20-6-2-7-21(15-20)37(34,35)30-11-3-8-22(30)25(31)32/h1-2,4-7,14-15,17,22-24,28H,3,8-13,16H2,(H,31,32)/t22?,23-,24?/m0/s1. The van der Waals surface area contributed by atoms with Gasteiger partial charge in [-0.05, 0) is 80.6 Å². The number of sulfonamides is 1. The van der Waals surface area contributed by atoms with Crippen LogP contribution in [0.1, 0.15) is 37.3 Å². The number of hydrogen-bond acceptors (Lipinski definition) is 7. The predicted octanol–water partition coefficient (Wildman–Crippen LogP) is 2.85. The molecule has 6 rings (SSSR count). The van der Waals surface area contributed by atoms with E-state index in [1.807, 2.05) is 0 Å². The highest BCUT2D eigenvalue weighted by atomic mass is 32.2. The first-order valence-corrected chi connectivity index (χ1v) is 14.0. The molecular formula is C26H30FN3O6S. The van der Waals surface area contributed by atoms with Crippen LogP contribution in [-0.4, -0.2) is 73.0 Å². The first-order chi connectivity index (χ1) is 17.7. The molecule has 2 aromatic carbocycles. The molecule has 4 saturated heterocycles. The molecule has 0 aliphatic carbocycles. The van der Waals surface area contributed by atoms with Crippen LogP contribution < -0.4 is 5.32 Å². The lowest BCUT2D eigenvalue weighted by atomic mass is 9.86. The summed E-state index contributed by atoms with van der Waals surface area (Å²) >= 11 is 0. The maximum atomic E-state index is 14.1. The topological polar surface area (TPSA) is 116 Å². The van der Waals surface area contributed by atoms with Gasteiger partial charge in [-0.1, -0.05) is 18.2 Å². The Kier molecular flexibility index (Phi) is 7.19. The number of rotatable bonds is 8. The minimum atomic E-state index is -4.08. The van der Waals surface area contributed by atoms with E-state index >= 15 is 0 Å². The number of nitrogens with one attached hydrogen (secondary N) is 1. The summed E-state index contributed by atoms with van der Waals surface area (Å²) in [7, 11) is -4.08. The summed E-state index contributed by atoms with van der Waals surface area (Å²) in [6, 6.07) is 9.33. The summed E-state index contributed by atoms with van der Waals surface area (Å²) in [5.41, 5.74) is 0.664. The number of anilines is 1. The van der Waals surface area contributed by atoms with Gasteiger partial charge in [0, 0.05) is 18.8 Å². The summed E-state index contributed by atoms with van der Waals surface area (Å²) in [5, 5.41) is 12.5. The Morgan fingerprint density at radius 3 is 2.49 bits per heavy atom. The number of esters is 1. The van der Waals surface area contributed by atoms with E-state index in [0.717, 1.165) is 30.2 Å². The molecule has 2 aromatic rings. The van der Waals surface area contributed by atoms with Crippen molar-refractivity contribution in [2.45, 2.75) is 48.8 Å². The van der Waals surface area contributed by atoms with Crippen molar-refractivity contribution in [2.75, 3.05) is 31.5 Å². The summed E-state index contributed by atoms with van der Waals surface area (Å²) in [5.74, 6) is -1.97. The van der Waals surface area contributed by atoms with E-state index in [1.165, 1.54) is 36.4 Å². The second kappa shape index (κ2) is 10.4. The molecule has 0 radical (unpaired) electrons. The van der Waals surface area contributed by atoms with Crippen LogP contribution in [0.5, 0.6) is 0 Å². The van der Waals surface area contributed by atoms with Gasteiger partial charge < -0.3 is 15.2 Å². The fourth-order valence-corrected chi connectivity index (χ4v) is 7.25. The van der Waals surface area contributed by atoms with Gasteiger partial charge in [0.25, 0.3) is 0 Å². The Labute approximate surface area is 215 Å². The minimum Gasteiger partial charge on any atom is -0.480 e. The molecule has 37 heavy (non-hydrogen) atoms. The fraction of sp³-hybridized carbons (Fsp3) is 0.462. The van der Waals surface area contributed by atoms with E-state index in [2.05, 4.69) is 10.2 Å². The molecular weight excluding hydrogens is 501 g/mol. The quantitative estimate of drug-likeness (QED) is 0.500. The molecule has 0 spiro atoms. The van der Waals surface area contributed by atoms with Crippen molar-refractivity contribution in [1.29, 1.82) is 0 Å². The first kappa shape index (κ1) is 25.6. The number of halogens is 1. The highest BCUT2D eigenvalue weighted by Gasteiger charge is 2.40. The van der Waals surface area contributed by atoms with Crippen molar-refractivity contribution >= 4 is 27.6 Å². The molecule has 0 aromatic heterocycles. The van der Waals surface area contributed by atoms with Gasteiger partial charge in [-0.3, -0.25) is 9.69 Å². The van der Waals surface area contributed by atoms with Gasteiger partial charge in [-0.2, -0.15) is 4.31 Å². The summed E-state index contributed by atoms with van der Waals surface area (Å²) in [6.45, 7) is 2.77. The zero-order valence-electron chi connectivity index (χ0n) is 20.3. The molecule has 3 atom stereocenters. The van der Waals surface area contributed by atoms with Gasteiger partial charge in [-0.15, -0.1) is 0 Å². The molecule has 198 valence electrons. The van der Waals surface area contributed by atoms with E-state index in [4.69, 9.17) is 4.74 Å². The Bertz CT molecular complexity index is 1280. The number of piperidine rings is 3. The van der Waals surface area contributed by atoms with Gasteiger partial charge in [0.05, 0.1) is 4.90 Å². The number of carboxylic acids is 1. The molecule has 2 bridgehead atoms. The Morgan fingerprint density at radius 1 is 1.05 bits per heavy atom. The lowest BCUT2D eigenvalue weighted by Gasteiger charge is -2.44. The number of aliphatic carboxylic acids is 1. The molecule has 4 aliphatic heterocycles. The van der Waals surface area contributed by atoms with Crippen molar-refractivity contribution in [1.82, 2.24) is 9.21 Å². The van der Waals surface area contributed by atoms with E-state index in [1.54, 1.807) is 12.1 Å². The lowest BCUT2D eigenvalue weighted by Crippen LogP contribution is -2.52. The monoisotopic (exact) mass is 531 g/mol. The summed E-state index contributed by atoms with van der Waals surface area (Å²) in [6.07, 6.45) is 2.39. The van der Waals surface area contributed by atoms with Crippen LogP contribution in [0.4, 0.5) is 10.1 Å². The molecule has 2 unspecified atom stereocenters. The van der Waals surface area contributed by atoms with Crippen molar-refractivity contribution in [3.05, 3.63) is 59.9 Å². The molecule has 0 amide bonds. The Balaban J connectivity index is 1.40. The number of benzene rings is 2. The number of carbonyl (C=O) groups is 2. The first-order valence-electron chi connectivity index (χ1n) is 12.5. The van der Waals surface area contributed by atoms with Gasteiger partial charge in [0.15, 0.2) is 6.04 Å². The van der Waals surface area contributed by atoms with Crippen LogP contribution in [0.2, 0.25) is 0 Å². The second-order valence-electron chi connectivity index (χ2n) is 9.89. The number of ether oxygens (including phenoxy) is 1. The van der Waals surface area contributed by atoms with Crippen LogP contribution in [0.25, 0.3) is 0 Å². The largest absolute Gasteiger partial charge is 0.480 e. The molecule has 4 fully saturated rings. The number of hydrogen-bond donors (Lipinski definition) is 2. The van der Waals surface area contributed by atoms with Gasteiger partial charge >= 0.3 is 11.9 Å². The van der Waals surface area contributed by atoms with Crippen molar-refractivity contribution in [3.8, 4) is 0 Å². The molecule has 2 N–H and O–H groups in total. The van der Waals surface area contributed by atoms with Crippen molar-refractivity contribution in [3.63, 3.8) is 0 Å². The fourth-order valence-electron chi connectivity index (χ4n) is 5.55. The molecule has 0 saturated carbocycles. The average Bonchev–Trinajstić information content (AvgIpc) is 3.40. The van der Waals surface area contributed by atoms with Gasteiger partial charge in [0.1, 0.15) is 18.0 Å². The van der Waals surface area contributed by atoms with Crippen LogP contribution in [0.3, 0.4) is 0 Å². The van der Waals surface area contributed by atoms with Crippen LogP contribution in [0.15, 0.2) is 53.4 Å². The maximum absolute atomic E-state index is 14.1. The minimum absolute atomic E-state index is 0.0885. The van der Waals surface area contributed by atoms with Gasteiger partial charge in [0.2, 0.25) is 10.0 Å². The third kappa shape index (κ3) is 5.34. The summed E-state index contributed by atoms with van der Waals surface area (Å²) in [4.78, 5) is 27.1. The number of carboxylic acid groups (broad SMARTS) is 1. The highest BCUT2D eigenvalue weighted by Crippen LogP contribution is 2.32. The average molecular weight is 532 g/mol. The Morgan fingerprint density at radius 2 is 1.81 bits per heavy atom. The van der Waals surface area contributed by atoms with Crippen molar-refractivity contribution < 1.29 is 32.2 Å². The maximum Gasteiger partial charge on any atom is 0.333 e. The zero-order valence-corrected chi connectivity index (χ0v) is 21.1. The Hall–Kier alpha value is -3.02. The zero-order chi connectivity index (χ0) is 26.2. The van der Waals surface area contributed by atoms with E-state index in [9.17, 15) is 27.5 Å². The van der Waals surface area contributed by atoms with Gasteiger partial charge in [-0.25, -0.2) is 17.6 Å². The second-order valence-corrected chi connectivity index (χ2v) is 11.8. The molecule has 4 aliphatic rings. The third-order valence-electron chi connectivity index (χ3n) is 7.52. The van der Waals surface area contributed by atoms with E-state index in [0.29, 0.717) is 30.1 Å². The summed E-state index contributed by atoms with van der Waals surface area (Å²) < 4.78 is 47.5. The molecule has 4 heterocycles. The van der Waals surface area contributed by atoms with Crippen molar-refractivity contribution in [2.24, 2.45) is 5.92 Å². The molecule has 9 nitrogen and oxygen atoms in total. The predicted molar refractivity (Wildman–Crippen MR) is 133 cm³/mol. The highest BCUT2D eigenvalue weighted by molar-refractivity contribution is 7.89. The van der Waals surface area contributed by atoms with Crippen LogP contribution in [-0.2, 0) is 24.3 Å². The SMILES string of the molecule is O=C(O[C@H]1CN2CCC1CC2)C(Nc1cccc(S(=O)(=O)N2CCCC2C(=O)O)c1)c1cccc(F)c1. The number of fused-ring (bicyclic) bond motifs is 3. The van der Waals surface area contributed by atoms with Crippen LogP contribution in [0, 0.1) is 11.7 Å². The van der Waals surface area contributed by atoms with E-state index < -0.39 is 39.9 Å². The van der Waals surface area contributed by atoms with Crippen LogP contribution >= 0.6 is 0 Å². The number of carbonyl (C=O) groups excluding carboxylic acids is 1.